The van der Waals surface area contributed by atoms with Crippen molar-refractivity contribution in [2.75, 3.05) is 24.5 Å². The first-order valence-corrected chi connectivity index (χ1v) is 8.37. The molecule has 110 valence electrons. The highest BCUT2D eigenvalue weighted by Crippen LogP contribution is 2.30. The van der Waals surface area contributed by atoms with E-state index in [1.165, 1.54) is 5.56 Å². The third-order valence-electron chi connectivity index (χ3n) is 3.83. The van der Waals surface area contributed by atoms with Gasteiger partial charge in [-0.15, -0.1) is 0 Å². The van der Waals surface area contributed by atoms with Gasteiger partial charge in [0.2, 0.25) is 0 Å². The summed E-state index contributed by atoms with van der Waals surface area (Å²) in [4.78, 5) is 2.37. The molecule has 1 unspecified atom stereocenters. The van der Waals surface area contributed by atoms with Crippen molar-refractivity contribution in [1.82, 2.24) is 5.32 Å². The standard InChI is InChI=1S/C17H18BrClN2/c18-14-6-7-16(19)17(11-14)21-9-8-20-15(12-21)10-13-4-2-1-3-5-13/h1-7,11,15,20H,8-10,12H2. The van der Waals surface area contributed by atoms with E-state index in [0.29, 0.717) is 6.04 Å². The van der Waals surface area contributed by atoms with Crippen LogP contribution in [-0.4, -0.2) is 25.7 Å². The van der Waals surface area contributed by atoms with Gasteiger partial charge in [0.05, 0.1) is 10.7 Å². The summed E-state index contributed by atoms with van der Waals surface area (Å²) in [6.45, 7) is 2.95. The minimum Gasteiger partial charge on any atom is -0.367 e. The van der Waals surface area contributed by atoms with Gasteiger partial charge in [-0.05, 0) is 30.2 Å². The summed E-state index contributed by atoms with van der Waals surface area (Å²) in [5.41, 5.74) is 2.49. The lowest BCUT2D eigenvalue weighted by Gasteiger charge is -2.36. The lowest BCUT2D eigenvalue weighted by molar-refractivity contribution is 0.455. The van der Waals surface area contributed by atoms with Crippen molar-refractivity contribution in [3.63, 3.8) is 0 Å². The monoisotopic (exact) mass is 364 g/mol. The Balaban J connectivity index is 1.72. The van der Waals surface area contributed by atoms with E-state index in [0.717, 1.165) is 41.2 Å². The van der Waals surface area contributed by atoms with Crippen LogP contribution in [0.25, 0.3) is 0 Å². The Labute approximate surface area is 139 Å². The molecule has 3 rings (SSSR count). The van der Waals surface area contributed by atoms with Crippen LogP contribution < -0.4 is 10.2 Å². The van der Waals surface area contributed by atoms with Crippen molar-refractivity contribution in [2.45, 2.75) is 12.5 Å². The van der Waals surface area contributed by atoms with E-state index in [9.17, 15) is 0 Å². The zero-order valence-corrected chi connectivity index (χ0v) is 14.1. The highest BCUT2D eigenvalue weighted by molar-refractivity contribution is 9.10. The molecule has 0 spiro atoms. The second kappa shape index (κ2) is 6.82. The fraction of sp³-hybridized carbons (Fsp3) is 0.294. The maximum absolute atomic E-state index is 6.35. The quantitative estimate of drug-likeness (QED) is 0.880. The van der Waals surface area contributed by atoms with Crippen molar-refractivity contribution in [3.8, 4) is 0 Å². The molecule has 21 heavy (non-hydrogen) atoms. The molecule has 1 saturated heterocycles. The van der Waals surface area contributed by atoms with Crippen molar-refractivity contribution in [3.05, 3.63) is 63.6 Å². The SMILES string of the molecule is Clc1ccc(Br)cc1N1CCNC(Cc2ccccc2)C1. The summed E-state index contributed by atoms with van der Waals surface area (Å²) in [7, 11) is 0. The smallest absolute Gasteiger partial charge is 0.0640 e. The maximum Gasteiger partial charge on any atom is 0.0640 e. The van der Waals surface area contributed by atoms with E-state index < -0.39 is 0 Å². The van der Waals surface area contributed by atoms with Gasteiger partial charge in [0, 0.05) is 30.1 Å². The predicted molar refractivity (Wildman–Crippen MR) is 93.3 cm³/mol. The van der Waals surface area contributed by atoms with E-state index in [1.807, 2.05) is 12.1 Å². The van der Waals surface area contributed by atoms with E-state index in [4.69, 9.17) is 11.6 Å². The Hall–Kier alpha value is -1.03. The van der Waals surface area contributed by atoms with Crippen LogP contribution >= 0.6 is 27.5 Å². The molecule has 0 aliphatic carbocycles. The maximum atomic E-state index is 6.35. The summed E-state index contributed by atoms with van der Waals surface area (Å²) >= 11 is 9.89. The summed E-state index contributed by atoms with van der Waals surface area (Å²) < 4.78 is 1.07. The van der Waals surface area contributed by atoms with Gasteiger partial charge in [0.15, 0.2) is 0 Å². The summed E-state index contributed by atoms with van der Waals surface area (Å²) in [5, 5.41) is 4.42. The van der Waals surface area contributed by atoms with Crippen LogP contribution in [0.15, 0.2) is 53.0 Å². The summed E-state index contributed by atoms with van der Waals surface area (Å²) in [6.07, 6.45) is 1.04. The molecule has 1 N–H and O–H groups in total. The Bertz CT molecular complexity index is 603. The van der Waals surface area contributed by atoms with Crippen molar-refractivity contribution < 1.29 is 0 Å². The van der Waals surface area contributed by atoms with Crippen LogP contribution in [0.2, 0.25) is 5.02 Å². The van der Waals surface area contributed by atoms with Gasteiger partial charge in [-0.1, -0.05) is 57.9 Å². The van der Waals surface area contributed by atoms with Crippen LogP contribution in [0, 0.1) is 0 Å². The molecule has 1 aliphatic rings. The van der Waals surface area contributed by atoms with Gasteiger partial charge in [0.25, 0.3) is 0 Å². The Morgan fingerprint density at radius 1 is 1.19 bits per heavy atom. The molecule has 1 heterocycles. The highest BCUT2D eigenvalue weighted by atomic mass is 79.9. The normalized spacial score (nSPS) is 18.8. The summed E-state index contributed by atoms with van der Waals surface area (Å²) in [5.74, 6) is 0. The predicted octanol–water partition coefficient (Wildman–Crippen LogP) is 4.12. The molecule has 1 atom stereocenters. The fourth-order valence-electron chi connectivity index (χ4n) is 2.81. The minimum absolute atomic E-state index is 0.455. The Kier molecular flexibility index (Phi) is 4.84. The second-order valence-corrected chi connectivity index (χ2v) is 6.71. The molecule has 1 aliphatic heterocycles. The largest absolute Gasteiger partial charge is 0.367 e. The second-order valence-electron chi connectivity index (χ2n) is 5.38. The van der Waals surface area contributed by atoms with Crippen LogP contribution in [0.5, 0.6) is 0 Å². The topological polar surface area (TPSA) is 15.3 Å². The molecule has 0 saturated carbocycles. The van der Waals surface area contributed by atoms with Crippen LogP contribution in [-0.2, 0) is 6.42 Å². The summed E-state index contributed by atoms with van der Waals surface area (Å²) in [6, 6.07) is 17.1. The van der Waals surface area contributed by atoms with E-state index >= 15 is 0 Å². The molecular formula is C17H18BrClN2. The highest BCUT2D eigenvalue weighted by Gasteiger charge is 2.21. The van der Waals surface area contributed by atoms with Gasteiger partial charge in [-0.25, -0.2) is 0 Å². The zero-order chi connectivity index (χ0) is 14.7. The molecule has 4 heteroatoms. The molecule has 0 bridgehead atoms. The van der Waals surface area contributed by atoms with Crippen molar-refractivity contribution in [2.24, 2.45) is 0 Å². The average Bonchev–Trinajstić information content (AvgIpc) is 2.51. The van der Waals surface area contributed by atoms with Crippen LogP contribution in [0.3, 0.4) is 0 Å². The Morgan fingerprint density at radius 3 is 2.81 bits per heavy atom. The van der Waals surface area contributed by atoms with Gasteiger partial charge < -0.3 is 10.2 Å². The van der Waals surface area contributed by atoms with E-state index in [1.54, 1.807) is 0 Å². The zero-order valence-electron chi connectivity index (χ0n) is 11.7. The third kappa shape index (κ3) is 3.79. The average molecular weight is 366 g/mol. The van der Waals surface area contributed by atoms with Gasteiger partial charge in [0.1, 0.15) is 0 Å². The number of rotatable bonds is 3. The number of nitrogens with zero attached hydrogens (tertiary/aromatic N) is 1. The fourth-order valence-corrected chi connectivity index (χ4v) is 3.39. The molecule has 0 radical (unpaired) electrons. The van der Waals surface area contributed by atoms with Gasteiger partial charge >= 0.3 is 0 Å². The van der Waals surface area contributed by atoms with Crippen LogP contribution in [0.1, 0.15) is 5.56 Å². The lowest BCUT2D eigenvalue weighted by Crippen LogP contribution is -2.51. The molecule has 0 aromatic heterocycles. The third-order valence-corrected chi connectivity index (χ3v) is 4.64. The lowest BCUT2D eigenvalue weighted by atomic mass is 10.0. The molecular weight excluding hydrogens is 348 g/mol. The molecule has 2 nitrogen and oxygen atoms in total. The van der Waals surface area contributed by atoms with E-state index in [2.05, 4.69) is 62.5 Å². The minimum atomic E-state index is 0.455. The van der Waals surface area contributed by atoms with Crippen molar-refractivity contribution in [1.29, 1.82) is 0 Å². The first-order chi connectivity index (χ1) is 10.2. The van der Waals surface area contributed by atoms with Gasteiger partial charge in [-0.2, -0.15) is 0 Å². The van der Waals surface area contributed by atoms with Gasteiger partial charge in [-0.3, -0.25) is 0 Å². The first kappa shape index (κ1) is 14.9. The molecule has 0 amide bonds. The molecule has 1 fully saturated rings. The number of benzene rings is 2. The molecule has 2 aromatic rings. The van der Waals surface area contributed by atoms with E-state index in [-0.39, 0.29) is 0 Å². The molecule has 2 aromatic carbocycles. The van der Waals surface area contributed by atoms with Crippen molar-refractivity contribution >= 4 is 33.2 Å². The number of piperazine rings is 1. The number of halogens is 2. The number of anilines is 1. The van der Waals surface area contributed by atoms with Crippen LogP contribution in [0.4, 0.5) is 5.69 Å². The number of hydrogen-bond donors (Lipinski definition) is 1. The first-order valence-electron chi connectivity index (χ1n) is 7.20. The number of nitrogens with one attached hydrogen (secondary N) is 1. The Morgan fingerprint density at radius 2 is 2.00 bits per heavy atom. The number of hydrogen-bond acceptors (Lipinski definition) is 2.